The minimum absolute atomic E-state index is 0.0659. The van der Waals surface area contributed by atoms with E-state index >= 15 is 0 Å². The first kappa shape index (κ1) is 13.6. The quantitative estimate of drug-likeness (QED) is 0.871. The van der Waals surface area contributed by atoms with Crippen molar-refractivity contribution in [1.29, 1.82) is 0 Å². The summed E-state index contributed by atoms with van der Waals surface area (Å²) in [5.74, 6) is 0.660. The molecule has 17 heavy (non-hydrogen) atoms. The van der Waals surface area contributed by atoms with Gasteiger partial charge >= 0.3 is 0 Å². The Morgan fingerprint density at radius 1 is 1.29 bits per heavy atom. The molecule has 1 atom stereocenters. The molecule has 3 nitrogen and oxygen atoms in total. The third kappa shape index (κ3) is 4.89. The Kier molecular flexibility index (Phi) is 4.55. The molecule has 0 fully saturated rings. The van der Waals surface area contributed by atoms with Gasteiger partial charge in [-0.25, -0.2) is 0 Å². The van der Waals surface area contributed by atoms with E-state index in [1.54, 1.807) is 0 Å². The van der Waals surface area contributed by atoms with Crippen molar-refractivity contribution in [2.45, 2.75) is 45.8 Å². The maximum atomic E-state index is 12.0. The first-order valence-electron chi connectivity index (χ1n) is 5.96. The molecule has 0 aliphatic heterocycles. The van der Waals surface area contributed by atoms with Gasteiger partial charge in [-0.15, -0.1) is 0 Å². The molecular weight excluding hydrogens is 214 g/mol. The fourth-order valence-corrected chi connectivity index (χ4v) is 1.44. The molecular formula is C14H21NO2. The van der Waals surface area contributed by atoms with Crippen LogP contribution in [0.15, 0.2) is 30.3 Å². The zero-order chi connectivity index (χ0) is 12.9. The number of amides is 1. The Bertz CT molecular complexity index is 354. The first-order valence-corrected chi connectivity index (χ1v) is 5.96. The predicted octanol–water partition coefficient (Wildman–Crippen LogP) is 2.76. The molecule has 0 heterocycles. The highest BCUT2D eigenvalue weighted by Gasteiger charge is 2.22. The van der Waals surface area contributed by atoms with Crippen molar-refractivity contribution < 1.29 is 9.53 Å². The lowest BCUT2D eigenvalue weighted by Gasteiger charge is -2.24. The third-order valence-electron chi connectivity index (χ3n) is 2.18. The van der Waals surface area contributed by atoms with Gasteiger partial charge in [-0.3, -0.25) is 4.79 Å². The van der Waals surface area contributed by atoms with E-state index in [0.29, 0.717) is 6.42 Å². The Morgan fingerprint density at radius 3 is 2.35 bits per heavy atom. The van der Waals surface area contributed by atoms with Crippen LogP contribution in [0, 0.1) is 0 Å². The van der Waals surface area contributed by atoms with Gasteiger partial charge in [0.25, 0.3) is 5.91 Å². The highest BCUT2D eigenvalue weighted by atomic mass is 16.5. The zero-order valence-electron chi connectivity index (χ0n) is 11.0. The topological polar surface area (TPSA) is 38.3 Å². The maximum absolute atomic E-state index is 12.0. The van der Waals surface area contributed by atoms with Crippen LogP contribution in [-0.2, 0) is 4.79 Å². The van der Waals surface area contributed by atoms with Gasteiger partial charge < -0.3 is 10.1 Å². The number of carbonyl (C=O) groups excluding carboxylic acids is 1. The lowest BCUT2D eigenvalue weighted by atomic mass is 10.1. The molecule has 1 amide bonds. The average molecular weight is 235 g/mol. The Morgan fingerprint density at radius 2 is 1.88 bits per heavy atom. The maximum Gasteiger partial charge on any atom is 0.261 e. The first-order chi connectivity index (χ1) is 7.92. The Balaban J connectivity index is 2.63. The van der Waals surface area contributed by atoms with E-state index in [0.717, 1.165) is 5.75 Å². The molecule has 0 aliphatic rings. The second-order valence-corrected chi connectivity index (χ2v) is 5.07. The molecule has 0 aromatic heterocycles. The molecule has 1 rings (SSSR count). The van der Waals surface area contributed by atoms with Crippen molar-refractivity contribution >= 4 is 5.91 Å². The van der Waals surface area contributed by atoms with E-state index < -0.39 is 6.10 Å². The van der Waals surface area contributed by atoms with Crippen LogP contribution >= 0.6 is 0 Å². The fraction of sp³-hybridized carbons (Fsp3) is 0.500. The number of ether oxygens (including phenoxy) is 1. The van der Waals surface area contributed by atoms with Gasteiger partial charge in [0, 0.05) is 5.54 Å². The van der Waals surface area contributed by atoms with Gasteiger partial charge in [-0.05, 0) is 39.3 Å². The highest BCUT2D eigenvalue weighted by Crippen LogP contribution is 2.13. The summed E-state index contributed by atoms with van der Waals surface area (Å²) in [7, 11) is 0. The highest BCUT2D eigenvalue weighted by molar-refractivity contribution is 5.81. The van der Waals surface area contributed by atoms with Crippen molar-refractivity contribution in [2.24, 2.45) is 0 Å². The van der Waals surface area contributed by atoms with Crippen LogP contribution in [0.2, 0.25) is 0 Å². The van der Waals surface area contributed by atoms with Gasteiger partial charge in [0.05, 0.1) is 0 Å². The summed E-state index contributed by atoms with van der Waals surface area (Å²) in [5.41, 5.74) is -0.232. The van der Waals surface area contributed by atoms with Gasteiger partial charge in [0.2, 0.25) is 0 Å². The summed E-state index contributed by atoms with van der Waals surface area (Å²) in [5, 5.41) is 2.93. The van der Waals surface area contributed by atoms with E-state index in [9.17, 15) is 4.79 Å². The minimum atomic E-state index is -0.434. The molecule has 3 heteroatoms. The third-order valence-corrected chi connectivity index (χ3v) is 2.18. The van der Waals surface area contributed by atoms with Gasteiger partial charge in [-0.1, -0.05) is 25.1 Å². The standard InChI is InChI=1S/C14H21NO2/c1-5-12(13(16)15-14(2,3)4)17-11-9-7-6-8-10-11/h6-10,12H,5H2,1-4H3,(H,15,16)/t12-/m1/s1. The van der Waals surface area contributed by atoms with E-state index in [1.165, 1.54) is 0 Å². The molecule has 0 unspecified atom stereocenters. The van der Waals surface area contributed by atoms with Crippen LogP contribution < -0.4 is 10.1 Å². The van der Waals surface area contributed by atoms with Gasteiger partial charge in [0.15, 0.2) is 6.10 Å². The molecule has 0 bridgehead atoms. The summed E-state index contributed by atoms with van der Waals surface area (Å²) < 4.78 is 5.66. The van der Waals surface area contributed by atoms with Crippen molar-refractivity contribution in [2.75, 3.05) is 0 Å². The number of carbonyl (C=O) groups is 1. The average Bonchev–Trinajstić information content (AvgIpc) is 2.24. The second kappa shape index (κ2) is 5.71. The van der Waals surface area contributed by atoms with Crippen LogP contribution in [-0.4, -0.2) is 17.6 Å². The van der Waals surface area contributed by atoms with Crippen LogP contribution in [0.4, 0.5) is 0 Å². The molecule has 0 saturated heterocycles. The summed E-state index contributed by atoms with van der Waals surface area (Å²) in [6.45, 7) is 7.82. The smallest absolute Gasteiger partial charge is 0.261 e. The van der Waals surface area contributed by atoms with Gasteiger partial charge in [0.1, 0.15) is 5.75 Å². The molecule has 1 N–H and O–H groups in total. The Labute approximate surface area is 103 Å². The number of rotatable bonds is 4. The number of hydrogen-bond acceptors (Lipinski definition) is 2. The summed E-state index contributed by atoms with van der Waals surface area (Å²) in [6, 6.07) is 9.41. The predicted molar refractivity (Wildman–Crippen MR) is 69.0 cm³/mol. The SMILES string of the molecule is CC[C@@H](Oc1ccccc1)C(=O)NC(C)(C)C. The summed E-state index contributed by atoms with van der Waals surface area (Å²) >= 11 is 0. The normalized spacial score (nSPS) is 12.9. The molecule has 0 spiro atoms. The number of hydrogen-bond donors (Lipinski definition) is 1. The summed E-state index contributed by atoms with van der Waals surface area (Å²) in [4.78, 5) is 12.0. The van der Waals surface area contributed by atoms with E-state index in [4.69, 9.17) is 4.74 Å². The van der Waals surface area contributed by atoms with Crippen LogP contribution in [0.1, 0.15) is 34.1 Å². The van der Waals surface area contributed by atoms with E-state index in [-0.39, 0.29) is 11.4 Å². The molecule has 0 radical (unpaired) electrons. The van der Waals surface area contributed by atoms with E-state index in [2.05, 4.69) is 5.32 Å². The minimum Gasteiger partial charge on any atom is -0.481 e. The number of para-hydroxylation sites is 1. The molecule has 1 aromatic carbocycles. The van der Waals surface area contributed by atoms with Crippen molar-refractivity contribution in [3.63, 3.8) is 0 Å². The largest absolute Gasteiger partial charge is 0.481 e. The lowest BCUT2D eigenvalue weighted by Crippen LogP contribution is -2.47. The van der Waals surface area contributed by atoms with E-state index in [1.807, 2.05) is 58.0 Å². The van der Waals surface area contributed by atoms with Crippen molar-refractivity contribution in [3.8, 4) is 5.75 Å². The fourth-order valence-electron chi connectivity index (χ4n) is 1.44. The van der Waals surface area contributed by atoms with Gasteiger partial charge in [-0.2, -0.15) is 0 Å². The summed E-state index contributed by atoms with van der Waals surface area (Å²) in [6.07, 6.45) is 0.216. The lowest BCUT2D eigenvalue weighted by molar-refractivity contribution is -0.129. The Hall–Kier alpha value is -1.51. The number of nitrogens with one attached hydrogen (secondary N) is 1. The number of benzene rings is 1. The zero-order valence-corrected chi connectivity index (χ0v) is 11.0. The van der Waals surface area contributed by atoms with Crippen molar-refractivity contribution in [3.05, 3.63) is 30.3 Å². The monoisotopic (exact) mass is 235 g/mol. The molecule has 1 aromatic rings. The molecule has 94 valence electrons. The van der Waals surface area contributed by atoms with Crippen LogP contribution in [0.25, 0.3) is 0 Å². The van der Waals surface area contributed by atoms with Crippen LogP contribution in [0.3, 0.4) is 0 Å². The second-order valence-electron chi connectivity index (χ2n) is 5.07. The van der Waals surface area contributed by atoms with Crippen molar-refractivity contribution in [1.82, 2.24) is 5.32 Å². The molecule has 0 aliphatic carbocycles. The van der Waals surface area contributed by atoms with Crippen LogP contribution in [0.5, 0.6) is 5.75 Å². The molecule has 0 saturated carbocycles.